The molecule has 0 bridgehead atoms. The van der Waals surface area contributed by atoms with Crippen LogP contribution in [0.15, 0.2) is 29.3 Å². The molecule has 1 N–H and O–H groups in total. The topological polar surface area (TPSA) is 107 Å². The molecule has 0 saturated carbocycles. The summed E-state index contributed by atoms with van der Waals surface area (Å²) in [5.74, 6) is -1.05. The quantitative estimate of drug-likeness (QED) is 0.359. The van der Waals surface area contributed by atoms with E-state index >= 15 is 0 Å². The summed E-state index contributed by atoms with van der Waals surface area (Å²) in [5.41, 5.74) is -1.83. The van der Waals surface area contributed by atoms with Crippen molar-refractivity contribution in [2.24, 2.45) is 0 Å². The Bertz CT molecular complexity index is 1100. The maximum Gasteiger partial charge on any atom is 0.423 e. The van der Waals surface area contributed by atoms with Crippen LogP contribution in [0.25, 0.3) is 0 Å². The van der Waals surface area contributed by atoms with E-state index in [2.05, 4.69) is 29.7 Å². The van der Waals surface area contributed by atoms with Crippen LogP contribution in [0.2, 0.25) is 25.7 Å². The lowest BCUT2D eigenvalue weighted by molar-refractivity contribution is -0.139. The van der Waals surface area contributed by atoms with Crippen LogP contribution in [0.4, 0.5) is 18.9 Å². The number of aromatic nitrogens is 3. The zero-order valence-electron chi connectivity index (χ0n) is 19.8. The fourth-order valence-electron chi connectivity index (χ4n) is 3.69. The number of ether oxygens (including phenoxy) is 2. The molecule has 3 heterocycles. The standard InChI is InChI=1S/C22H29F3N4O5Si/c1-35(2,3)10-9-34-14-29-21(32)19(22(23,24)25)16(11-27-29)28-12-15-5-4-7-26-20(15)17(28)13-33-8-6-18(30)31/h4-5,7,11,17H,6,8-10,12-14H2,1-3H3,(H,30,31). The minimum atomic E-state index is -4.94. The molecular weight excluding hydrogens is 485 g/mol. The first-order chi connectivity index (χ1) is 16.4. The highest BCUT2D eigenvalue weighted by atomic mass is 28.3. The molecule has 1 aliphatic heterocycles. The molecule has 0 amide bonds. The molecule has 0 aromatic carbocycles. The smallest absolute Gasteiger partial charge is 0.423 e. The molecule has 1 aliphatic rings. The van der Waals surface area contributed by atoms with Crippen molar-refractivity contribution in [1.29, 1.82) is 0 Å². The Balaban J connectivity index is 1.90. The van der Waals surface area contributed by atoms with E-state index < -0.39 is 37.4 Å². The SMILES string of the molecule is C[Si](C)(C)CCOCn1ncc(N2Cc3cccnc3C2COCCC(=O)O)c(C(F)(F)F)c1=O. The number of hydrogen-bond acceptors (Lipinski definition) is 7. The molecule has 192 valence electrons. The number of pyridine rings is 1. The van der Waals surface area contributed by atoms with Crippen LogP contribution in [-0.2, 0) is 33.7 Å². The Labute approximate surface area is 201 Å². The van der Waals surface area contributed by atoms with Crippen LogP contribution in [0.3, 0.4) is 0 Å². The van der Waals surface area contributed by atoms with Crippen molar-refractivity contribution in [1.82, 2.24) is 14.8 Å². The zero-order chi connectivity index (χ0) is 25.8. The number of carboxylic acid groups (broad SMARTS) is 1. The maximum atomic E-state index is 14.1. The highest BCUT2D eigenvalue weighted by Gasteiger charge is 2.43. The third kappa shape index (κ3) is 6.89. The highest BCUT2D eigenvalue weighted by Crippen LogP contribution is 2.41. The summed E-state index contributed by atoms with van der Waals surface area (Å²) in [6, 6.07) is 3.46. The van der Waals surface area contributed by atoms with Gasteiger partial charge in [-0.1, -0.05) is 25.7 Å². The van der Waals surface area contributed by atoms with Crippen molar-refractivity contribution in [3.8, 4) is 0 Å². The van der Waals surface area contributed by atoms with Crippen molar-refractivity contribution in [3.63, 3.8) is 0 Å². The number of hydrogen-bond donors (Lipinski definition) is 1. The number of anilines is 1. The number of aliphatic carboxylic acids is 1. The van der Waals surface area contributed by atoms with Gasteiger partial charge in [0.1, 0.15) is 12.3 Å². The van der Waals surface area contributed by atoms with Gasteiger partial charge in [-0.15, -0.1) is 0 Å². The van der Waals surface area contributed by atoms with E-state index in [0.29, 0.717) is 22.5 Å². The first kappa shape index (κ1) is 26.8. The van der Waals surface area contributed by atoms with Crippen LogP contribution < -0.4 is 10.5 Å². The van der Waals surface area contributed by atoms with Gasteiger partial charge in [0.05, 0.1) is 43.3 Å². The van der Waals surface area contributed by atoms with E-state index in [0.717, 1.165) is 12.2 Å². The van der Waals surface area contributed by atoms with E-state index in [1.807, 2.05) is 0 Å². The van der Waals surface area contributed by atoms with E-state index in [1.54, 1.807) is 12.1 Å². The van der Waals surface area contributed by atoms with Gasteiger partial charge >= 0.3 is 12.1 Å². The Morgan fingerprint density at radius 1 is 1.26 bits per heavy atom. The van der Waals surface area contributed by atoms with Gasteiger partial charge in [0.25, 0.3) is 5.56 Å². The Kier molecular flexibility index (Phi) is 8.33. The van der Waals surface area contributed by atoms with Gasteiger partial charge in [0, 0.05) is 27.4 Å². The van der Waals surface area contributed by atoms with Crippen LogP contribution in [0, 0.1) is 0 Å². The minimum Gasteiger partial charge on any atom is -0.481 e. The van der Waals surface area contributed by atoms with E-state index in [4.69, 9.17) is 14.6 Å². The zero-order valence-corrected chi connectivity index (χ0v) is 20.8. The summed E-state index contributed by atoms with van der Waals surface area (Å²) >= 11 is 0. The van der Waals surface area contributed by atoms with Crippen molar-refractivity contribution < 1.29 is 32.5 Å². The van der Waals surface area contributed by atoms with Gasteiger partial charge < -0.3 is 19.5 Å². The molecule has 0 spiro atoms. The summed E-state index contributed by atoms with van der Waals surface area (Å²) in [6.45, 7) is 6.23. The van der Waals surface area contributed by atoms with Crippen molar-refractivity contribution in [3.05, 3.63) is 51.7 Å². The Morgan fingerprint density at radius 2 is 2.00 bits per heavy atom. The molecule has 0 aliphatic carbocycles. The number of rotatable bonds is 11. The van der Waals surface area contributed by atoms with Crippen LogP contribution in [0.1, 0.15) is 29.3 Å². The molecular formula is C22H29F3N4O5Si. The maximum absolute atomic E-state index is 14.1. The molecule has 0 saturated heterocycles. The van der Waals surface area contributed by atoms with Crippen LogP contribution >= 0.6 is 0 Å². The number of alkyl halides is 3. The summed E-state index contributed by atoms with van der Waals surface area (Å²) in [4.78, 5) is 29.3. The van der Waals surface area contributed by atoms with Gasteiger partial charge in [-0.25, -0.2) is 4.68 Å². The molecule has 3 rings (SSSR count). The Hall–Kier alpha value is -2.77. The predicted octanol–water partition coefficient (Wildman–Crippen LogP) is 3.52. The third-order valence-electron chi connectivity index (χ3n) is 5.52. The number of halogens is 3. The molecule has 13 heteroatoms. The number of fused-ring (bicyclic) bond motifs is 1. The van der Waals surface area contributed by atoms with Crippen molar-refractivity contribution in [2.75, 3.05) is 24.7 Å². The molecule has 2 aromatic heterocycles. The normalized spacial score (nSPS) is 15.9. The van der Waals surface area contributed by atoms with Gasteiger partial charge in [-0.05, 0) is 17.7 Å². The second kappa shape index (κ2) is 10.9. The van der Waals surface area contributed by atoms with E-state index in [-0.39, 0.29) is 38.6 Å². The van der Waals surface area contributed by atoms with Gasteiger partial charge in [-0.2, -0.15) is 18.3 Å². The first-order valence-electron chi connectivity index (χ1n) is 11.1. The minimum absolute atomic E-state index is 0.0665. The fraction of sp³-hybridized carbons (Fsp3) is 0.545. The highest BCUT2D eigenvalue weighted by molar-refractivity contribution is 6.76. The molecule has 0 radical (unpaired) electrons. The average Bonchev–Trinajstić information content (AvgIpc) is 3.11. The summed E-state index contributed by atoms with van der Waals surface area (Å²) in [5, 5.41) is 12.8. The fourth-order valence-corrected chi connectivity index (χ4v) is 4.44. The summed E-state index contributed by atoms with van der Waals surface area (Å²) < 4.78 is 53.9. The number of carbonyl (C=O) groups is 1. The second-order valence-corrected chi connectivity index (χ2v) is 15.1. The number of nitrogens with zero attached hydrogens (tertiary/aromatic N) is 4. The lowest BCUT2D eigenvalue weighted by atomic mass is 10.1. The molecule has 0 fully saturated rings. The van der Waals surface area contributed by atoms with Gasteiger partial charge in [0.2, 0.25) is 0 Å². The molecule has 1 unspecified atom stereocenters. The molecule has 35 heavy (non-hydrogen) atoms. The van der Waals surface area contributed by atoms with E-state index in [9.17, 15) is 22.8 Å². The monoisotopic (exact) mass is 514 g/mol. The third-order valence-corrected chi connectivity index (χ3v) is 7.23. The van der Waals surface area contributed by atoms with Gasteiger partial charge in [-0.3, -0.25) is 14.6 Å². The lowest BCUT2D eigenvalue weighted by Crippen LogP contribution is -2.36. The van der Waals surface area contributed by atoms with Crippen LogP contribution in [-0.4, -0.2) is 53.7 Å². The number of carboxylic acids is 1. The summed E-state index contributed by atoms with van der Waals surface area (Å²) in [7, 11) is -1.41. The van der Waals surface area contributed by atoms with Crippen LogP contribution in [0.5, 0.6) is 0 Å². The van der Waals surface area contributed by atoms with Crippen molar-refractivity contribution in [2.45, 2.75) is 57.6 Å². The Morgan fingerprint density at radius 3 is 2.66 bits per heavy atom. The molecule has 1 atom stereocenters. The average molecular weight is 515 g/mol. The van der Waals surface area contributed by atoms with Gasteiger partial charge in [0.15, 0.2) is 0 Å². The lowest BCUT2D eigenvalue weighted by Gasteiger charge is -2.28. The predicted molar refractivity (Wildman–Crippen MR) is 124 cm³/mol. The first-order valence-corrected chi connectivity index (χ1v) is 14.8. The van der Waals surface area contributed by atoms with Crippen molar-refractivity contribution >= 4 is 19.7 Å². The van der Waals surface area contributed by atoms with E-state index in [1.165, 1.54) is 11.1 Å². The summed E-state index contributed by atoms with van der Waals surface area (Å²) in [6.07, 6.45) is -2.65. The molecule has 2 aromatic rings. The second-order valence-electron chi connectivity index (χ2n) is 9.47. The molecule has 9 nitrogen and oxygen atoms in total. The largest absolute Gasteiger partial charge is 0.481 e.